The van der Waals surface area contributed by atoms with Crippen LogP contribution in [0.15, 0.2) is 48.5 Å². The Morgan fingerprint density at radius 1 is 1.06 bits per heavy atom. The molecule has 160 valence electrons. The standard InChI is InChI=1S/C25H26N2O3S/c1-15-10-12-20(30-3)19(13-15)26-24(29)22-18-11-9-16(2)14-21(18)31-25(22)27-23(28)17-7-5-4-6-8-17/h4-8,10,12-13,16H,9,11,14H2,1-3H3,(H,26,29)(H,27,28). The first-order chi connectivity index (χ1) is 15.0. The summed E-state index contributed by atoms with van der Waals surface area (Å²) in [5.41, 5.74) is 3.83. The van der Waals surface area contributed by atoms with E-state index in [2.05, 4.69) is 17.6 Å². The number of benzene rings is 2. The Morgan fingerprint density at radius 3 is 2.58 bits per heavy atom. The van der Waals surface area contributed by atoms with Crippen molar-refractivity contribution in [1.29, 1.82) is 0 Å². The van der Waals surface area contributed by atoms with Gasteiger partial charge in [-0.05, 0) is 67.5 Å². The average molecular weight is 435 g/mol. The summed E-state index contributed by atoms with van der Waals surface area (Å²) in [6, 6.07) is 14.7. The molecular weight excluding hydrogens is 408 g/mol. The molecule has 0 saturated heterocycles. The molecule has 0 spiro atoms. The fourth-order valence-corrected chi connectivity index (χ4v) is 5.35. The van der Waals surface area contributed by atoms with Gasteiger partial charge in [-0.3, -0.25) is 9.59 Å². The molecule has 4 rings (SSSR count). The van der Waals surface area contributed by atoms with E-state index >= 15 is 0 Å². The molecule has 31 heavy (non-hydrogen) atoms. The number of hydrogen-bond donors (Lipinski definition) is 2. The van der Waals surface area contributed by atoms with Crippen LogP contribution in [0.1, 0.15) is 50.1 Å². The number of carbonyl (C=O) groups excluding carboxylic acids is 2. The predicted octanol–water partition coefficient (Wildman–Crippen LogP) is 5.69. The van der Waals surface area contributed by atoms with Crippen LogP contribution >= 0.6 is 11.3 Å². The third-order valence-electron chi connectivity index (χ3n) is 5.60. The Hall–Kier alpha value is -3.12. The van der Waals surface area contributed by atoms with Crippen LogP contribution in [0.4, 0.5) is 10.7 Å². The van der Waals surface area contributed by atoms with Gasteiger partial charge in [0.05, 0.1) is 18.4 Å². The Balaban J connectivity index is 1.69. The quantitative estimate of drug-likeness (QED) is 0.542. The van der Waals surface area contributed by atoms with Gasteiger partial charge in [-0.25, -0.2) is 0 Å². The van der Waals surface area contributed by atoms with Gasteiger partial charge in [0.1, 0.15) is 10.8 Å². The Morgan fingerprint density at radius 2 is 1.84 bits per heavy atom. The number of aryl methyl sites for hydroxylation is 1. The van der Waals surface area contributed by atoms with Gasteiger partial charge in [-0.2, -0.15) is 0 Å². The van der Waals surface area contributed by atoms with Gasteiger partial charge in [0.15, 0.2) is 0 Å². The van der Waals surface area contributed by atoms with Crippen molar-refractivity contribution < 1.29 is 14.3 Å². The van der Waals surface area contributed by atoms with Crippen molar-refractivity contribution in [3.8, 4) is 5.75 Å². The molecule has 3 aromatic rings. The number of amides is 2. The maximum atomic E-state index is 13.4. The molecular formula is C25H26N2O3S. The molecule has 1 atom stereocenters. The first-order valence-electron chi connectivity index (χ1n) is 10.4. The van der Waals surface area contributed by atoms with Crippen molar-refractivity contribution >= 4 is 33.8 Å². The summed E-state index contributed by atoms with van der Waals surface area (Å²) in [6.07, 6.45) is 2.79. The van der Waals surface area contributed by atoms with Crippen LogP contribution in [0.3, 0.4) is 0 Å². The molecule has 1 aromatic heterocycles. The van der Waals surface area contributed by atoms with E-state index in [-0.39, 0.29) is 11.8 Å². The molecule has 0 fully saturated rings. The van der Waals surface area contributed by atoms with E-state index in [0.717, 1.165) is 30.4 Å². The van der Waals surface area contributed by atoms with Crippen LogP contribution in [-0.4, -0.2) is 18.9 Å². The average Bonchev–Trinajstić information content (AvgIpc) is 3.11. The summed E-state index contributed by atoms with van der Waals surface area (Å²) in [7, 11) is 1.58. The van der Waals surface area contributed by atoms with Crippen molar-refractivity contribution in [3.05, 3.63) is 75.7 Å². The molecule has 1 aliphatic carbocycles. The summed E-state index contributed by atoms with van der Waals surface area (Å²) in [4.78, 5) is 27.4. The van der Waals surface area contributed by atoms with Crippen molar-refractivity contribution in [2.24, 2.45) is 5.92 Å². The number of hydrogen-bond acceptors (Lipinski definition) is 4. The topological polar surface area (TPSA) is 67.4 Å². The number of fused-ring (bicyclic) bond motifs is 1. The Kier molecular flexibility index (Phi) is 6.09. The van der Waals surface area contributed by atoms with Crippen LogP contribution in [0.25, 0.3) is 0 Å². The van der Waals surface area contributed by atoms with Crippen LogP contribution in [0.2, 0.25) is 0 Å². The normalized spacial score (nSPS) is 15.1. The second kappa shape index (κ2) is 8.94. The summed E-state index contributed by atoms with van der Waals surface area (Å²) >= 11 is 1.52. The summed E-state index contributed by atoms with van der Waals surface area (Å²) in [6.45, 7) is 4.19. The lowest BCUT2D eigenvalue weighted by molar-refractivity contribution is 0.102. The van der Waals surface area contributed by atoms with E-state index in [1.54, 1.807) is 19.2 Å². The zero-order valence-corrected chi connectivity index (χ0v) is 18.8. The fraction of sp³-hybridized carbons (Fsp3) is 0.280. The van der Waals surface area contributed by atoms with Gasteiger partial charge in [0.25, 0.3) is 11.8 Å². The number of nitrogens with one attached hydrogen (secondary N) is 2. The highest BCUT2D eigenvalue weighted by molar-refractivity contribution is 7.17. The minimum atomic E-state index is -0.223. The zero-order valence-electron chi connectivity index (χ0n) is 18.0. The largest absolute Gasteiger partial charge is 0.495 e. The monoisotopic (exact) mass is 434 g/mol. The van der Waals surface area contributed by atoms with E-state index in [1.807, 2.05) is 43.3 Å². The molecule has 0 radical (unpaired) electrons. The highest BCUT2D eigenvalue weighted by atomic mass is 32.1. The lowest BCUT2D eigenvalue weighted by Crippen LogP contribution is -2.19. The van der Waals surface area contributed by atoms with Crippen molar-refractivity contribution in [1.82, 2.24) is 0 Å². The number of methoxy groups -OCH3 is 1. The third kappa shape index (κ3) is 4.49. The van der Waals surface area contributed by atoms with Gasteiger partial charge >= 0.3 is 0 Å². The number of carbonyl (C=O) groups is 2. The van der Waals surface area contributed by atoms with Gasteiger partial charge in [-0.15, -0.1) is 11.3 Å². The fourth-order valence-electron chi connectivity index (χ4n) is 3.95. The lowest BCUT2D eigenvalue weighted by atomic mass is 9.88. The van der Waals surface area contributed by atoms with Gasteiger partial charge in [0, 0.05) is 10.4 Å². The Bertz CT molecular complexity index is 1120. The number of thiophene rings is 1. The molecule has 2 aromatic carbocycles. The maximum Gasteiger partial charge on any atom is 0.259 e. The highest BCUT2D eigenvalue weighted by Crippen LogP contribution is 2.40. The molecule has 1 unspecified atom stereocenters. The minimum absolute atomic E-state index is 0.213. The maximum absolute atomic E-state index is 13.4. The molecule has 0 bridgehead atoms. The summed E-state index contributed by atoms with van der Waals surface area (Å²) in [5.74, 6) is 0.733. The third-order valence-corrected chi connectivity index (χ3v) is 6.77. The number of anilines is 2. The molecule has 0 aliphatic heterocycles. The van der Waals surface area contributed by atoms with Crippen LogP contribution in [0, 0.1) is 12.8 Å². The van der Waals surface area contributed by atoms with E-state index in [0.29, 0.717) is 33.5 Å². The summed E-state index contributed by atoms with van der Waals surface area (Å²) in [5, 5.41) is 6.61. The van der Waals surface area contributed by atoms with Crippen LogP contribution in [-0.2, 0) is 12.8 Å². The van der Waals surface area contributed by atoms with E-state index in [4.69, 9.17) is 4.74 Å². The minimum Gasteiger partial charge on any atom is -0.495 e. The smallest absolute Gasteiger partial charge is 0.259 e. The molecule has 6 heteroatoms. The second-order valence-electron chi connectivity index (χ2n) is 8.03. The molecule has 2 amide bonds. The van der Waals surface area contributed by atoms with Gasteiger partial charge in [0.2, 0.25) is 0 Å². The van der Waals surface area contributed by atoms with Gasteiger partial charge in [-0.1, -0.05) is 31.2 Å². The van der Waals surface area contributed by atoms with E-state index in [9.17, 15) is 9.59 Å². The molecule has 2 N–H and O–H groups in total. The number of ether oxygens (including phenoxy) is 1. The second-order valence-corrected chi connectivity index (χ2v) is 9.14. The Labute approximate surface area is 186 Å². The first kappa shape index (κ1) is 21.1. The van der Waals surface area contributed by atoms with Crippen LogP contribution in [0.5, 0.6) is 5.75 Å². The van der Waals surface area contributed by atoms with E-state index < -0.39 is 0 Å². The molecule has 0 saturated carbocycles. The molecule has 1 aliphatic rings. The predicted molar refractivity (Wildman–Crippen MR) is 126 cm³/mol. The number of rotatable bonds is 5. The van der Waals surface area contributed by atoms with Crippen molar-refractivity contribution in [2.75, 3.05) is 17.7 Å². The lowest BCUT2D eigenvalue weighted by Gasteiger charge is -2.19. The molecule has 1 heterocycles. The zero-order chi connectivity index (χ0) is 22.0. The molecule has 5 nitrogen and oxygen atoms in total. The summed E-state index contributed by atoms with van der Waals surface area (Å²) < 4.78 is 5.42. The van der Waals surface area contributed by atoms with E-state index in [1.165, 1.54) is 16.2 Å². The van der Waals surface area contributed by atoms with Crippen molar-refractivity contribution in [3.63, 3.8) is 0 Å². The first-order valence-corrected chi connectivity index (χ1v) is 11.2. The van der Waals surface area contributed by atoms with Crippen LogP contribution < -0.4 is 15.4 Å². The van der Waals surface area contributed by atoms with Gasteiger partial charge < -0.3 is 15.4 Å². The SMILES string of the molecule is COc1ccc(C)cc1NC(=O)c1c(NC(=O)c2ccccc2)sc2c1CCC(C)C2. The highest BCUT2D eigenvalue weighted by Gasteiger charge is 2.29. The van der Waals surface area contributed by atoms with Crippen molar-refractivity contribution in [2.45, 2.75) is 33.1 Å².